The van der Waals surface area contributed by atoms with Gasteiger partial charge in [0.05, 0.1) is 4.92 Å². The van der Waals surface area contributed by atoms with Crippen molar-refractivity contribution in [2.75, 3.05) is 5.32 Å². The number of hydrogen-bond acceptors (Lipinski definition) is 6. The first-order valence-electron chi connectivity index (χ1n) is 8.93. The lowest BCUT2D eigenvalue weighted by atomic mass is 10.1. The molecule has 0 saturated carbocycles. The van der Waals surface area contributed by atoms with E-state index in [1.54, 1.807) is 42.5 Å². The molecular formula is C22H15ClN4O4. The van der Waals surface area contributed by atoms with Crippen molar-refractivity contribution in [2.45, 2.75) is 6.92 Å². The molecule has 0 unspecified atom stereocenters. The smallest absolute Gasteiger partial charge is 0.287 e. The van der Waals surface area contributed by atoms with E-state index in [4.69, 9.17) is 16.3 Å². The van der Waals surface area contributed by atoms with Crippen molar-refractivity contribution in [3.63, 3.8) is 0 Å². The van der Waals surface area contributed by atoms with Gasteiger partial charge in [0.25, 0.3) is 11.6 Å². The summed E-state index contributed by atoms with van der Waals surface area (Å²) in [6, 6.07) is 16.3. The number of benzene rings is 2. The maximum absolute atomic E-state index is 12.5. The first kappa shape index (κ1) is 21.5. The fourth-order valence-corrected chi connectivity index (χ4v) is 2.70. The van der Waals surface area contributed by atoms with Crippen LogP contribution in [0.4, 0.5) is 11.4 Å². The fraction of sp³-hybridized carbons (Fsp3) is 0.0455. The summed E-state index contributed by atoms with van der Waals surface area (Å²) in [4.78, 5) is 26.5. The summed E-state index contributed by atoms with van der Waals surface area (Å²) in [6.45, 7) is 1.82. The first-order chi connectivity index (χ1) is 14.9. The van der Waals surface area contributed by atoms with Gasteiger partial charge in [-0.15, -0.1) is 0 Å². The molecular weight excluding hydrogens is 420 g/mol. The molecule has 0 aliphatic rings. The second-order valence-corrected chi connectivity index (χ2v) is 6.80. The zero-order chi connectivity index (χ0) is 22.4. The molecule has 0 radical (unpaired) electrons. The van der Waals surface area contributed by atoms with Gasteiger partial charge < -0.3 is 10.1 Å². The molecule has 9 heteroatoms. The predicted octanol–water partition coefficient (Wildman–Crippen LogP) is 5.29. The number of ether oxygens (including phenoxy) is 1. The van der Waals surface area contributed by atoms with Crippen molar-refractivity contribution in [1.29, 1.82) is 5.26 Å². The molecule has 0 aliphatic carbocycles. The van der Waals surface area contributed by atoms with E-state index >= 15 is 0 Å². The quantitative estimate of drug-likeness (QED) is 0.244. The summed E-state index contributed by atoms with van der Waals surface area (Å²) in [5, 5.41) is 23.2. The standard InChI is InChI=1S/C22H15ClN4O4/c1-14-2-5-17(23)11-20(14)26-22(28)16(12-24)10-15-3-7-19(8-4-15)31-21-9-6-18(13-25-21)27(29)30/h2-11,13H,1H3,(H,26,28)/b16-10-. The van der Waals surface area contributed by atoms with Crippen molar-refractivity contribution >= 4 is 35.0 Å². The van der Waals surface area contributed by atoms with Gasteiger partial charge in [-0.3, -0.25) is 14.9 Å². The summed E-state index contributed by atoms with van der Waals surface area (Å²) in [5.74, 6) is 0.0853. The minimum atomic E-state index is -0.553. The van der Waals surface area contributed by atoms with Crippen LogP contribution in [0.1, 0.15) is 11.1 Å². The predicted molar refractivity (Wildman–Crippen MR) is 116 cm³/mol. The summed E-state index contributed by atoms with van der Waals surface area (Å²) in [5.41, 5.74) is 1.74. The molecule has 31 heavy (non-hydrogen) atoms. The van der Waals surface area contributed by atoms with E-state index in [1.807, 2.05) is 13.0 Å². The molecule has 0 spiro atoms. The third-order valence-electron chi connectivity index (χ3n) is 4.16. The monoisotopic (exact) mass is 434 g/mol. The Labute approximate surface area is 182 Å². The lowest BCUT2D eigenvalue weighted by Gasteiger charge is -2.08. The molecule has 0 saturated heterocycles. The van der Waals surface area contributed by atoms with E-state index < -0.39 is 10.8 Å². The van der Waals surface area contributed by atoms with Gasteiger partial charge in [-0.2, -0.15) is 5.26 Å². The summed E-state index contributed by atoms with van der Waals surface area (Å²) in [7, 11) is 0. The van der Waals surface area contributed by atoms with Gasteiger partial charge in [0.2, 0.25) is 5.88 Å². The lowest BCUT2D eigenvalue weighted by molar-refractivity contribution is -0.385. The fourth-order valence-electron chi connectivity index (χ4n) is 2.53. The van der Waals surface area contributed by atoms with Crippen LogP contribution in [0.2, 0.25) is 5.02 Å². The summed E-state index contributed by atoms with van der Waals surface area (Å²) in [6.07, 6.45) is 2.55. The van der Waals surface area contributed by atoms with Gasteiger partial charge >= 0.3 is 0 Å². The zero-order valence-electron chi connectivity index (χ0n) is 16.2. The Hall–Kier alpha value is -4.22. The Morgan fingerprint density at radius 2 is 1.97 bits per heavy atom. The number of aromatic nitrogens is 1. The van der Waals surface area contributed by atoms with Crippen LogP contribution in [-0.4, -0.2) is 15.8 Å². The number of aryl methyl sites for hydroxylation is 1. The number of pyridine rings is 1. The number of hydrogen-bond donors (Lipinski definition) is 1. The van der Waals surface area contributed by atoms with E-state index in [-0.39, 0.29) is 17.1 Å². The minimum absolute atomic E-state index is 0.0786. The number of rotatable bonds is 6. The molecule has 1 N–H and O–H groups in total. The van der Waals surface area contributed by atoms with Gasteiger partial charge in [0.1, 0.15) is 23.6 Å². The van der Waals surface area contributed by atoms with E-state index in [1.165, 1.54) is 18.2 Å². The summed E-state index contributed by atoms with van der Waals surface area (Å²) < 4.78 is 5.54. The molecule has 0 bridgehead atoms. The molecule has 3 aromatic rings. The number of carbonyl (C=O) groups is 1. The topological polar surface area (TPSA) is 118 Å². The highest BCUT2D eigenvalue weighted by molar-refractivity contribution is 6.31. The number of nitro groups is 1. The van der Waals surface area contributed by atoms with Crippen molar-refractivity contribution < 1.29 is 14.5 Å². The molecule has 0 aliphatic heterocycles. The number of nitrogens with one attached hydrogen (secondary N) is 1. The Balaban J connectivity index is 1.71. The van der Waals surface area contributed by atoms with Crippen LogP contribution < -0.4 is 10.1 Å². The van der Waals surface area contributed by atoms with Crippen LogP contribution >= 0.6 is 11.6 Å². The van der Waals surface area contributed by atoms with Crippen LogP contribution in [0.25, 0.3) is 6.08 Å². The third kappa shape index (κ3) is 5.65. The van der Waals surface area contributed by atoms with Crippen molar-refractivity contribution in [2.24, 2.45) is 0 Å². The van der Waals surface area contributed by atoms with E-state index in [9.17, 15) is 20.2 Å². The lowest BCUT2D eigenvalue weighted by Crippen LogP contribution is -2.14. The minimum Gasteiger partial charge on any atom is -0.439 e. The van der Waals surface area contributed by atoms with Gasteiger partial charge in [0, 0.05) is 22.8 Å². The molecule has 1 aromatic heterocycles. The average Bonchev–Trinajstić information content (AvgIpc) is 2.76. The molecule has 1 amide bonds. The van der Waals surface area contributed by atoms with E-state index in [0.717, 1.165) is 11.8 Å². The second-order valence-electron chi connectivity index (χ2n) is 6.37. The highest BCUT2D eigenvalue weighted by atomic mass is 35.5. The molecule has 1 heterocycles. The number of nitrogens with zero attached hydrogens (tertiary/aromatic N) is 3. The van der Waals surface area contributed by atoms with Crippen LogP contribution in [-0.2, 0) is 4.79 Å². The van der Waals surface area contributed by atoms with Gasteiger partial charge in [-0.1, -0.05) is 29.8 Å². The van der Waals surface area contributed by atoms with Crippen LogP contribution in [0.15, 0.2) is 66.4 Å². The van der Waals surface area contributed by atoms with Crippen molar-refractivity contribution in [3.8, 4) is 17.7 Å². The third-order valence-corrected chi connectivity index (χ3v) is 4.39. The van der Waals surface area contributed by atoms with Gasteiger partial charge in [-0.25, -0.2) is 4.98 Å². The zero-order valence-corrected chi connectivity index (χ0v) is 17.0. The number of halogens is 1. The second kappa shape index (κ2) is 9.52. The van der Waals surface area contributed by atoms with E-state index in [0.29, 0.717) is 22.0 Å². The SMILES string of the molecule is Cc1ccc(Cl)cc1NC(=O)/C(C#N)=C\c1ccc(Oc2ccc([N+](=O)[O-])cn2)cc1. The number of nitriles is 1. The molecule has 8 nitrogen and oxygen atoms in total. The van der Waals surface area contributed by atoms with E-state index in [2.05, 4.69) is 10.3 Å². The van der Waals surface area contributed by atoms with Crippen LogP contribution in [0, 0.1) is 28.4 Å². The Bertz CT molecular complexity index is 1200. The van der Waals surface area contributed by atoms with Crippen LogP contribution in [0.5, 0.6) is 11.6 Å². The highest BCUT2D eigenvalue weighted by Gasteiger charge is 2.12. The van der Waals surface area contributed by atoms with Gasteiger partial charge in [0.15, 0.2) is 0 Å². The molecule has 3 rings (SSSR count). The maximum Gasteiger partial charge on any atom is 0.287 e. The Kier molecular flexibility index (Phi) is 6.60. The molecule has 154 valence electrons. The van der Waals surface area contributed by atoms with Crippen molar-refractivity contribution in [1.82, 2.24) is 4.98 Å². The Morgan fingerprint density at radius 1 is 1.23 bits per heavy atom. The normalized spacial score (nSPS) is 10.8. The van der Waals surface area contributed by atoms with Gasteiger partial charge in [-0.05, 0) is 48.4 Å². The molecule has 2 aromatic carbocycles. The molecule has 0 atom stereocenters. The average molecular weight is 435 g/mol. The Morgan fingerprint density at radius 3 is 2.58 bits per heavy atom. The van der Waals surface area contributed by atoms with Crippen molar-refractivity contribution in [3.05, 3.63) is 92.6 Å². The van der Waals surface area contributed by atoms with Crippen LogP contribution in [0.3, 0.4) is 0 Å². The number of anilines is 1. The maximum atomic E-state index is 12.5. The summed E-state index contributed by atoms with van der Waals surface area (Å²) >= 11 is 5.96. The number of carbonyl (C=O) groups excluding carboxylic acids is 1. The largest absolute Gasteiger partial charge is 0.439 e. The first-order valence-corrected chi connectivity index (χ1v) is 9.31. The molecule has 0 fully saturated rings. The number of amides is 1. The highest BCUT2D eigenvalue weighted by Crippen LogP contribution is 2.23.